The summed E-state index contributed by atoms with van der Waals surface area (Å²) in [4.78, 5) is 10.6. The molecule has 3 aromatic rings. The number of benzene rings is 1. The van der Waals surface area contributed by atoms with Gasteiger partial charge in [0.2, 0.25) is 0 Å². The second-order valence-electron chi connectivity index (χ2n) is 8.00. The van der Waals surface area contributed by atoms with Crippen molar-refractivity contribution in [3.05, 3.63) is 42.7 Å². The van der Waals surface area contributed by atoms with Gasteiger partial charge in [-0.2, -0.15) is 5.10 Å². The van der Waals surface area contributed by atoms with Gasteiger partial charge in [0.15, 0.2) is 0 Å². The zero-order valence-corrected chi connectivity index (χ0v) is 16.4. The molecule has 3 N–H and O–H groups in total. The lowest BCUT2D eigenvalue weighted by Crippen LogP contribution is -2.55. The van der Waals surface area contributed by atoms with Crippen molar-refractivity contribution < 1.29 is 13.9 Å². The molecule has 156 valence electrons. The van der Waals surface area contributed by atoms with E-state index >= 15 is 0 Å². The van der Waals surface area contributed by atoms with Crippen LogP contribution in [0, 0.1) is 5.82 Å². The van der Waals surface area contributed by atoms with Crippen molar-refractivity contribution in [2.24, 2.45) is 0 Å². The number of anilines is 1. The molecule has 0 spiro atoms. The number of rotatable bonds is 4. The van der Waals surface area contributed by atoms with Crippen molar-refractivity contribution in [2.45, 2.75) is 43.6 Å². The molecule has 1 aromatic carbocycles. The van der Waals surface area contributed by atoms with Crippen molar-refractivity contribution in [3.63, 3.8) is 0 Å². The highest BCUT2D eigenvalue weighted by Gasteiger charge is 2.43. The largest absolute Gasteiger partial charge is 0.507 e. The lowest BCUT2D eigenvalue weighted by molar-refractivity contribution is 0.176. The van der Waals surface area contributed by atoms with Crippen LogP contribution in [0.1, 0.15) is 19.3 Å². The Bertz CT molecular complexity index is 1040. The van der Waals surface area contributed by atoms with Gasteiger partial charge in [0, 0.05) is 42.0 Å². The number of H-pyrrole nitrogens is 1. The molecule has 0 aliphatic carbocycles. The SMILES string of the molecule is CN(c1cnc(-c2cc(F)c(-c3cn[nH]c3)cc2O)cn1)C1C[C@H]2CC[C@H](N2)C1F. The molecule has 7 nitrogen and oxygen atoms in total. The van der Waals surface area contributed by atoms with Gasteiger partial charge in [0.25, 0.3) is 0 Å². The summed E-state index contributed by atoms with van der Waals surface area (Å²) in [6.45, 7) is 0. The number of nitrogens with one attached hydrogen (secondary N) is 2. The van der Waals surface area contributed by atoms with Crippen LogP contribution in [0.4, 0.5) is 14.6 Å². The zero-order chi connectivity index (χ0) is 20.8. The summed E-state index contributed by atoms with van der Waals surface area (Å²) >= 11 is 0. The monoisotopic (exact) mass is 412 g/mol. The molecule has 0 radical (unpaired) electrons. The summed E-state index contributed by atoms with van der Waals surface area (Å²) in [7, 11) is 1.82. The molecular weight excluding hydrogens is 390 g/mol. The van der Waals surface area contributed by atoms with Gasteiger partial charge in [0.05, 0.1) is 30.3 Å². The van der Waals surface area contributed by atoms with Crippen LogP contribution in [0.2, 0.25) is 0 Å². The van der Waals surface area contributed by atoms with E-state index in [0.717, 1.165) is 19.3 Å². The number of halogens is 2. The highest BCUT2D eigenvalue weighted by atomic mass is 19.1. The van der Waals surface area contributed by atoms with Gasteiger partial charge >= 0.3 is 0 Å². The summed E-state index contributed by atoms with van der Waals surface area (Å²) in [6.07, 6.45) is 7.65. The minimum Gasteiger partial charge on any atom is -0.507 e. The standard InChI is InChI=1S/C21H22F2N6O/c1-29(18-4-12-2-3-16(28-12)21(18)23)20-10-24-17(9-25-20)14-5-15(22)13(6-19(14)30)11-7-26-27-8-11/h5-10,12,16,18,21,28,30H,2-4H2,1H3,(H,26,27)/t12-,16+,18?,21?/m1/s1. The number of phenols is 1. The summed E-state index contributed by atoms with van der Waals surface area (Å²) < 4.78 is 29.4. The smallest absolute Gasteiger partial charge is 0.147 e. The Balaban J connectivity index is 1.39. The molecule has 2 aliphatic rings. The van der Waals surface area contributed by atoms with Crippen molar-refractivity contribution in [2.75, 3.05) is 11.9 Å². The second-order valence-corrected chi connectivity index (χ2v) is 8.00. The number of aromatic hydroxyl groups is 1. The molecule has 2 saturated heterocycles. The summed E-state index contributed by atoms with van der Waals surface area (Å²) in [5, 5.41) is 20.2. The fourth-order valence-electron chi connectivity index (χ4n) is 4.55. The van der Waals surface area contributed by atoms with E-state index in [0.29, 0.717) is 23.1 Å². The van der Waals surface area contributed by atoms with Crippen LogP contribution in [-0.4, -0.2) is 56.6 Å². The number of aromatic amines is 1. The summed E-state index contributed by atoms with van der Waals surface area (Å²) in [6, 6.07) is 2.56. The predicted molar refractivity (Wildman–Crippen MR) is 108 cm³/mol. The fourth-order valence-corrected chi connectivity index (χ4v) is 4.55. The van der Waals surface area contributed by atoms with Crippen LogP contribution in [0.15, 0.2) is 36.9 Å². The second kappa shape index (κ2) is 7.32. The maximum atomic E-state index is 14.8. The van der Waals surface area contributed by atoms with Crippen molar-refractivity contribution in [3.8, 4) is 28.1 Å². The number of hydrogen-bond acceptors (Lipinski definition) is 6. The van der Waals surface area contributed by atoms with Crippen molar-refractivity contribution >= 4 is 5.82 Å². The Labute approximate surface area is 172 Å². The average molecular weight is 412 g/mol. The molecule has 30 heavy (non-hydrogen) atoms. The number of phenolic OH excluding ortho intramolecular Hbond substituents is 1. The number of piperidine rings is 1. The van der Waals surface area contributed by atoms with E-state index in [2.05, 4.69) is 25.5 Å². The molecule has 2 aliphatic heterocycles. The van der Waals surface area contributed by atoms with E-state index in [1.54, 1.807) is 6.20 Å². The Morgan fingerprint density at radius 3 is 2.73 bits per heavy atom. The molecule has 2 aromatic heterocycles. The fraction of sp³-hybridized carbons (Fsp3) is 0.381. The number of fused-ring (bicyclic) bond motifs is 2. The van der Waals surface area contributed by atoms with E-state index in [1.807, 2.05) is 11.9 Å². The minimum absolute atomic E-state index is 0.0999. The van der Waals surface area contributed by atoms with Gasteiger partial charge in [-0.05, 0) is 31.4 Å². The molecule has 0 saturated carbocycles. The quantitative estimate of drug-likeness (QED) is 0.610. The third-order valence-electron chi connectivity index (χ3n) is 6.22. The Hall–Kier alpha value is -3.07. The average Bonchev–Trinajstić information content (AvgIpc) is 3.42. The maximum Gasteiger partial charge on any atom is 0.147 e. The summed E-state index contributed by atoms with van der Waals surface area (Å²) in [5.41, 5.74) is 1.35. The third kappa shape index (κ3) is 3.19. The van der Waals surface area contributed by atoms with E-state index in [9.17, 15) is 13.9 Å². The molecule has 0 amide bonds. The molecule has 4 heterocycles. The number of hydrogen-bond donors (Lipinski definition) is 3. The molecule has 9 heteroatoms. The van der Waals surface area contributed by atoms with Gasteiger partial charge in [-0.25, -0.2) is 13.8 Å². The normalized spacial score (nSPS) is 25.4. The Morgan fingerprint density at radius 2 is 2.00 bits per heavy atom. The van der Waals surface area contributed by atoms with Gasteiger partial charge in [0.1, 0.15) is 23.6 Å². The molecule has 2 fully saturated rings. The molecule has 5 rings (SSSR count). The Kier molecular flexibility index (Phi) is 4.62. The highest BCUT2D eigenvalue weighted by molar-refractivity contribution is 5.74. The van der Waals surface area contributed by atoms with E-state index in [-0.39, 0.29) is 29.0 Å². The zero-order valence-electron chi connectivity index (χ0n) is 16.4. The number of alkyl halides is 1. The first-order valence-corrected chi connectivity index (χ1v) is 9.98. The first-order valence-electron chi connectivity index (χ1n) is 9.98. The van der Waals surface area contributed by atoms with Crippen LogP contribution >= 0.6 is 0 Å². The number of aromatic nitrogens is 4. The van der Waals surface area contributed by atoms with Crippen molar-refractivity contribution in [1.29, 1.82) is 0 Å². The van der Waals surface area contributed by atoms with Gasteiger partial charge < -0.3 is 15.3 Å². The summed E-state index contributed by atoms with van der Waals surface area (Å²) in [5.74, 6) is -0.0675. The Morgan fingerprint density at radius 1 is 1.13 bits per heavy atom. The molecular formula is C21H22F2N6O. The molecule has 2 bridgehead atoms. The first-order chi connectivity index (χ1) is 14.5. The van der Waals surface area contributed by atoms with Gasteiger partial charge in [-0.1, -0.05) is 0 Å². The van der Waals surface area contributed by atoms with E-state index < -0.39 is 12.0 Å². The third-order valence-corrected chi connectivity index (χ3v) is 6.22. The van der Waals surface area contributed by atoms with Crippen LogP contribution in [0.5, 0.6) is 5.75 Å². The molecule has 2 unspecified atom stereocenters. The topological polar surface area (TPSA) is 90.0 Å². The predicted octanol–water partition coefficient (Wildman–Crippen LogP) is 3.05. The molecule has 4 atom stereocenters. The van der Waals surface area contributed by atoms with Crippen LogP contribution in [0.3, 0.4) is 0 Å². The highest BCUT2D eigenvalue weighted by Crippen LogP contribution is 2.36. The lowest BCUT2D eigenvalue weighted by atomic mass is 9.96. The first kappa shape index (κ1) is 18.9. The maximum absolute atomic E-state index is 14.8. The minimum atomic E-state index is -0.969. The van der Waals surface area contributed by atoms with Crippen LogP contribution < -0.4 is 10.2 Å². The van der Waals surface area contributed by atoms with E-state index in [1.165, 1.54) is 30.7 Å². The van der Waals surface area contributed by atoms with Crippen LogP contribution in [0.25, 0.3) is 22.4 Å². The van der Waals surface area contributed by atoms with Gasteiger partial charge in [-0.15, -0.1) is 0 Å². The van der Waals surface area contributed by atoms with E-state index in [4.69, 9.17) is 0 Å². The number of nitrogens with zero attached hydrogens (tertiary/aromatic N) is 4. The lowest BCUT2D eigenvalue weighted by Gasteiger charge is -2.38. The van der Waals surface area contributed by atoms with Crippen LogP contribution in [-0.2, 0) is 0 Å². The van der Waals surface area contributed by atoms with Crippen molar-refractivity contribution in [1.82, 2.24) is 25.5 Å². The van der Waals surface area contributed by atoms with Gasteiger partial charge in [-0.3, -0.25) is 10.1 Å².